The third-order valence-corrected chi connectivity index (χ3v) is 5.62. The summed E-state index contributed by atoms with van der Waals surface area (Å²) in [6.07, 6.45) is 5.06. The summed E-state index contributed by atoms with van der Waals surface area (Å²) in [6.45, 7) is 9.34. The fourth-order valence-electron chi connectivity index (χ4n) is 3.79. The molecule has 146 valence electrons. The number of benzene rings is 1. The zero-order chi connectivity index (χ0) is 19.2. The molecule has 1 aromatic carbocycles. The first-order valence-electron chi connectivity index (χ1n) is 9.86. The number of ether oxygens (including phenoxy) is 3. The maximum atomic E-state index is 12.0. The highest BCUT2D eigenvalue weighted by Crippen LogP contribution is 2.34. The third-order valence-electron chi connectivity index (χ3n) is 5.62. The number of carbonyl (C=O) groups excluding carboxylic acids is 1. The van der Waals surface area contributed by atoms with Gasteiger partial charge in [0.1, 0.15) is 12.2 Å². The molecule has 0 radical (unpaired) electrons. The lowest BCUT2D eigenvalue weighted by molar-refractivity contribution is -0.0789. The third kappa shape index (κ3) is 5.46. The van der Waals surface area contributed by atoms with E-state index in [1.165, 1.54) is 11.1 Å². The summed E-state index contributed by atoms with van der Waals surface area (Å²) >= 11 is 0. The van der Waals surface area contributed by atoms with Gasteiger partial charge in [-0.3, -0.25) is 0 Å². The van der Waals surface area contributed by atoms with Crippen molar-refractivity contribution in [3.63, 3.8) is 0 Å². The van der Waals surface area contributed by atoms with Crippen LogP contribution in [0, 0.1) is 11.8 Å². The number of carbonyl (C=O) groups is 1. The minimum absolute atomic E-state index is 0.122. The average Bonchev–Trinajstić information content (AvgIpc) is 2.68. The Hall–Kier alpha value is -2.07. The van der Waals surface area contributed by atoms with E-state index >= 15 is 0 Å². The monoisotopic (exact) mass is 370 g/mol. The highest BCUT2D eigenvalue weighted by Gasteiger charge is 2.36. The van der Waals surface area contributed by atoms with Crippen LogP contribution in [0.4, 0.5) is 4.79 Å². The van der Waals surface area contributed by atoms with Crippen LogP contribution in [-0.4, -0.2) is 25.0 Å². The minimum atomic E-state index is -0.561. The number of allylic oxidation sites excluding steroid dienone is 2. The second-order valence-corrected chi connectivity index (χ2v) is 7.82. The predicted octanol–water partition coefficient (Wildman–Crippen LogP) is 5.44. The van der Waals surface area contributed by atoms with Crippen LogP contribution in [0.1, 0.15) is 45.1 Å². The van der Waals surface area contributed by atoms with Crippen LogP contribution in [0.25, 0.3) is 0 Å². The Labute approximate surface area is 162 Å². The topological polar surface area (TPSA) is 44.8 Å². The Morgan fingerprint density at radius 2 is 2.07 bits per heavy atom. The van der Waals surface area contributed by atoms with E-state index in [1.54, 1.807) is 0 Å². The van der Waals surface area contributed by atoms with Gasteiger partial charge >= 0.3 is 6.16 Å². The molecule has 2 aliphatic rings. The maximum Gasteiger partial charge on any atom is 0.509 e. The summed E-state index contributed by atoms with van der Waals surface area (Å²) in [7, 11) is 0. The first-order valence-corrected chi connectivity index (χ1v) is 9.86. The quantitative estimate of drug-likeness (QED) is 0.474. The lowest BCUT2D eigenvalue weighted by atomic mass is 9.82. The zero-order valence-electron chi connectivity index (χ0n) is 16.4. The molecule has 4 heteroatoms. The largest absolute Gasteiger partial charge is 0.509 e. The van der Waals surface area contributed by atoms with E-state index in [9.17, 15) is 4.79 Å². The standard InChI is InChI=1S/C23H30O4/c1-16(2)19-9-11-20(12-10-19)22-13-21(26-23(24)27-22)17(3)14-25-15-18-7-5-4-6-8-18/h4-8,11,17,19,21-22H,1,9-10,12-15H2,2-3H3/t17-,19-,21+,22+/m1/s1. The lowest BCUT2D eigenvalue weighted by Gasteiger charge is -2.35. The van der Waals surface area contributed by atoms with Crippen LogP contribution in [0.2, 0.25) is 0 Å². The summed E-state index contributed by atoms with van der Waals surface area (Å²) in [5, 5.41) is 0. The van der Waals surface area contributed by atoms with E-state index in [-0.39, 0.29) is 18.1 Å². The SMILES string of the molecule is C=C(C)[C@@H]1CC=C([C@@H]2C[C@@H]([C@H](C)COCc3ccccc3)OC(=O)O2)CC1. The molecule has 0 unspecified atom stereocenters. The number of cyclic esters (lactones) is 2. The summed E-state index contributed by atoms with van der Waals surface area (Å²) in [6, 6.07) is 10.1. The molecule has 0 amide bonds. The van der Waals surface area contributed by atoms with Gasteiger partial charge in [-0.2, -0.15) is 0 Å². The molecule has 4 atom stereocenters. The van der Waals surface area contributed by atoms with Crippen molar-refractivity contribution in [2.24, 2.45) is 11.8 Å². The smallest absolute Gasteiger partial charge is 0.430 e. The molecule has 1 aliphatic carbocycles. The fraction of sp³-hybridized carbons (Fsp3) is 0.522. The van der Waals surface area contributed by atoms with E-state index in [2.05, 4.69) is 26.5 Å². The van der Waals surface area contributed by atoms with Crippen molar-refractivity contribution in [2.75, 3.05) is 6.61 Å². The van der Waals surface area contributed by atoms with Gasteiger partial charge in [0, 0.05) is 12.3 Å². The molecule has 0 aromatic heterocycles. The molecular formula is C23H30O4. The molecule has 1 saturated heterocycles. The maximum absolute atomic E-state index is 12.0. The van der Waals surface area contributed by atoms with Crippen LogP contribution in [0.15, 0.2) is 54.1 Å². The van der Waals surface area contributed by atoms with Crippen LogP contribution in [0.3, 0.4) is 0 Å². The average molecular weight is 370 g/mol. The molecular weight excluding hydrogens is 340 g/mol. The van der Waals surface area contributed by atoms with Gasteiger partial charge in [-0.25, -0.2) is 4.79 Å². The molecule has 1 aromatic rings. The van der Waals surface area contributed by atoms with E-state index in [1.807, 2.05) is 30.3 Å². The zero-order valence-corrected chi connectivity index (χ0v) is 16.4. The van der Waals surface area contributed by atoms with Crippen LogP contribution < -0.4 is 0 Å². The number of rotatable bonds is 7. The van der Waals surface area contributed by atoms with Crippen molar-refractivity contribution in [2.45, 2.75) is 58.3 Å². The van der Waals surface area contributed by atoms with Gasteiger partial charge in [0.2, 0.25) is 0 Å². The Morgan fingerprint density at radius 3 is 2.74 bits per heavy atom. The van der Waals surface area contributed by atoms with Gasteiger partial charge < -0.3 is 14.2 Å². The van der Waals surface area contributed by atoms with Crippen LogP contribution in [0.5, 0.6) is 0 Å². The molecule has 0 bridgehead atoms. The molecule has 1 fully saturated rings. The Kier molecular flexibility index (Phi) is 6.73. The molecule has 4 nitrogen and oxygen atoms in total. The molecule has 0 N–H and O–H groups in total. The molecule has 3 rings (SSSR count). The summed E-state index contributed by atoms with van der Waals surface area (Å²) in [5.41, 5.74) is 3.61. The number of hydrogen-bond donors (Lipinski definition) is 0. The number of hydrogen-bond acceptors (Lipinski definition) is 4. The van der Waals surface area contributed by atoms with Crippen LogP contribution >= 0.6 is 0 Å². The highest BCUT2D eigenvalue weighted by atomic mass is 16.7. The molecule has 27 heavy (non-hydrogen) atoms. The van der Waals surface area contributed by atoms with E-state index in [4.69, 9.17) is 14.2 Å². The van der Waals surface area contributed by atoms with Crippen molar-refractivity contribution >= 4 is 6.16 Å². The van der Waals surface area contributed by atoms with E-state index in [0.717, 1.165) is 24.8 Å². The van der Waals surface area contributed by atoms with Gasteiger partial charge in [0.15, 0.2) is 0 Å². The summed E-state index contributed by atoms with van der Waals surface area (Å²) in [4.78, 5) is 12.0. The highest BCUT2D eigenvalue weighted by molar-refractivity contribution is 5.61. The molecule has 1 heterocycles. The van der Waals surface area contributed by atoms with Crippen molar-refractivity contribution < 1.29 is 19.0 Å². The second-order valence-electron chi connectivity index (χ2n) is 7.82. The predicted molar refractivity (Wildman–Crippen MR) is 105 cm³/mol. The first-order chi connectivity index (χ1) is 13.0. The molecule has 0 saturated carbocycles. The van der Waals surface area contributed by atoms with Crippen molar-refractivity contribution in [3.05, 3.63) is 59.7 Å². The summed E-state index contributed by atoms with van der Waals surface area (Å²) in [5.74, 6) is 0.668. The van der Waals surface area contributed by atoms with E-state index < -0.39 is 6.16 Å². The fourth-order valence-corrected chi connectivity index (χ4v) is 3.79. The minimum Gasteiger partial charge on any atom is -0.430 e. The second kappa shape index (κ2) is 9.23. The van der Waals surface area contributed by atoms with Gasteiger partial charge in [-0.1, -0.05) is 55.5 Å². The van der Waals surface area contributed by atoms with E-state index in [0.29, 0.717) is 25.6 Å². The first kappa shape index (κ1) is 19.7. The lowest BCUT2D eigenvalue weighted by Crippen LogP contribution is -2.40. The van der Waals surface area contributed by atoms with Gasteiger partial charge in [0.25, 0.3) is 0 Å². The Bertz CT molecular complexity index is 679. The van der Waals surface area contributed by atoms with Crippen molar-refractivity contribution in [3.8, 4) is 0 Å². The van der Waals surface area contributed by atoms with Gasteiger partial charge in [-0.15, -0.1) is 0 Å². The van der Waals surface area contributed by atoms with Crippen molar-refractivity contribution in [1.82, 2.24) is 0 Å². The Balaban J connectivity index is 1.52. The van der Waals surface area contributed by atoms with Crippen molar-refractivity contribution in [1.29, 1.82) is 0 Å². The summed E-state index contributed by atoms with van der Waals surface area (Å²) < 4.78 is 16.8. The normalized spacial score (nSPS) is 26.5. The molecule has 1 aliphatic heterocycles. The van der Waals surface area contributed by atoms with Gasteiger partial charge in [0.05, 0.1) is 13.2 Å². The van der Waals surface area contributed by atoms with Crippen LogP contribution in [-0.2, 0) is 20.8 Å². The van der Waals surface area contributed by atoms with Gasteiger partial charge in [-0.05, 0) is 43.2 Å². The molecule has 0 spiro atoms. The Morgan fingerprint density at radius 1 is 1.30 bits per heavy atom.